The van der Waals surface area contributed by atoms with Crippen LogP contribution in [0.3, 0.4) is 0 Å². The quantitative estimate of drug-likeness (QED) is 0.575. The Hall–Kier alpha value is -2.57. The van der Waals surface area contributed by atoms with E-state index in [0.29, 0.717) is 18.4 Å². The summed E-state index contributed by atoms with van der Waals surface area (Å²) in [7, 11) is 0. The number of unbranched alkanes of at least 4 members (excludes halogenated alkanes) is 1. The molecule has 1 unspecified atom stereocenters. The first-order valence-electron chi connectivity index (χ1n) is 7.09. The molecule has 5 N–H and O–H groups in total. The summed E-state index contributed by atoms with van der Waals surface area (Å²) >= 11 is 0. The third-order valence-electron chi connectivity index (χ3n) is 3.15. The van der Waals surface area contributed by atoms with E-state index in [9.17, 15) is 19.5 Å². The van der Waals surface area contributed by atoms with E-state index in [1.165, 1.54) is 0 Å². The van der Waals surface area contributed by atoms with Crippen molar-refractivity contribution < 1.29 is 19.5 Å². The Bertz CT molecular complexity index is 519. The maximum absolute atomic E-state index is 12.2. The molecule has 120 valence electrons. The molecule has 7 heteroatoms. The minimum Gasteiger partial charge on any atom is -0.479 e. The lowest BCUT2D eigenvalue weighted by atomic mass is 10.1. The normalized spacial score (nSPS) is 13.0. The highest BCUT2D eigenvalue weighted by atomic mass is 16.4. The van der Waals surface area contributed by atoms with Crippen LogP contribution in [0, 0.1) is 0 Å². The van der Waals surface area contributed by atoms with Gasteiger partial charge in [0.1, 0.15) is 6.04 Å². The second-order valence-corrected chi connectivity index (χ2v) is 4.89. The molecule has 0 saturated heterocycles. The number of urea groups is 1. The zero-order valence-electron chi connectivity index (χ0n) is 12.4. The molecule has 1 aromatic rings. The lowest BCUT2D eigenvalue weighted by Crippen LogP contribution is -2.50. The first-order valence-corrected chi connectivity index (χ1v) is 7.09. The Morgan fingerprint density at radius 1 is 1.18 bits per heavy atom. The van der Waals surface area contributed by atoms with Gasteiger partial charge in [-0.25, -0.2) is 9.59 Å². The first kappa shape index (κ1) is 17.5. The molecule has 1 aromatic carbocycles. The number of primary amides is 1. The molecular formula is C15H21N3O4. The summed E-state index contributed by atoms with van der Waals surface area (Å²) in [5.41, 5.74) is 5.51. The highest BCUT2D eigenvalue weighted by Crippen LogP contribution is 2.13. The van der Waals surface area contributed by atoms with E-state index < -0.39 is 30.0 Å². The van der Waals surface area contributed by atoms with Crippen molar-refractivity contribution in [2.24, 2.45) is 5.73 Å². The molecule has 0 spiro atoms. The third kappa shape index (κ3) is 5.43. The van der Waals surface area contributed by atoms with Gasteiger partial charge in [0.2, 0.25) is 5.91 Å². The Balaban J connectivity index is 2.83. The molecule has 0 aromatic heterocycles. The van der Waals surface area contributed by atoms with Gasteiger partial charge in [-0.05, 0) is 12.0 Å². The van der Waals surface area contributed by atoms with Gasteiger partial charge >= 0.3 is 12.0 Å². The van der Waals surface area contributed by atoms with Crippen LogP contribution in [0.5, 0.6) is 0 Å². The summed E-state index contributed by atoms with van der Waals surface area (Å²) in [5, 5.41) is 14.1. The Morgan fingerprint density at radius 2 is 1.82 bits per heavy atom. The van der Waals surface area contributed by atoms with Crippen LogP contribution in [0.15, 0.2) is 30.3 Å². The molecule has 0 heterocycles. The van der Waals surface area contributed by atoms with Gasteiger partial charge in [-0.1, -0.05) is 50.1 Å². The number of carboxylic acid groups (broad SMARTS) is 1. The van der Waals surface area contributed by atoms with Crippen molar-refractivity contribution in [2.45, 2.75) is 38.3 Å². The number of hydrogen-bond acceptors (Lipinski definition) is 3. The summed E-state index contributed by atoms with van der Waals surface area (Å²) < 4.78 is 0. The molecule has 0 aliphatic rings. The van der Waals surface area contributed by atoms with Gasteiger partial charge in [0.15, 0.2) is 6.04 Å². The second-order valence-electron chi connectivity index (χ2n) is 4.89. The van der Waals surface area contributed by atoms with Crippen molar-refractivity contribution in [1.29, 1.82) is 0 Å². The largest absolute Gasteiger partial charge is 0.479 e. The number of nitrogens with two attached hydrogens (primary N) is 1. The zero-order valence-corrected chi connectivity index (χ0v) is 12.4. The maximum atomic E-state index is 12.2. The number of carbonyl (C=O) groups excluding carboxylic acids is 2. The summed E-state index contributed by atoms with van der Waals surface area (Å²) in [6.45, 7) is 1.95. The predicted molar refractivity (Wildman–Crippen MR) is 81.0 cm³/mol. The van der Waals surface area contributed by atoms with Gasteiger partial charge in [0.05, 0.1) is 0 Å². The average Bonchev–Trinajstić information content (AvgIpc) is 2.49. The first-order chi connectivity index (χ1) is 10.5. The molecule has 0 aliphatic heterocycles. The Kier molecular flexibility index (Phi) is 6.88. The number of hydrogen-bond donors (Lipinski definition) is 4. The smallest absolute Gasteiger partial charge is 0.330 e. The number of aliphatic carboxylic acids is 1. The van der Waals surface area contributed by atoms with Crippen LogP contribution in [0.2, 0.25) is 0 Å². The topological polar surface area (TPSA) is 122 Å². The van der Waals surface area contributed by atoms with Crippen LogP contribution >= 0.6 is 0 Å². The minimum absolute atomic E-state index is 0.395. The van der Waals surface area contributed by atoms with Gasteiger partial charge in [-0.15, -0.1) is 0 Å². The molecule has 22 heavy (non-hydrogen) atoms. The molecule has 3 amide bonds. The number of benzene rings is 1. The van der Waals surface area contributed by atoms with E-state index in [2.05, 4.69) is 10.6 Å². The van der Waals surface area contributed by atoms with Crippen LogP contribution < -0.4 is 16.4 Å². The van der Waals surface area contributed by atoms with Crippen LogP contribution in [0.4, 0.5) is 4.79 Å². The van der Waals surface area contributed by atoms with E-state index in [-0.39, 0.29) is 0 Å². The molecule has 7 nitrogen and oxygen atoms in total. The van der Waals surface area contributed by atoms with Crippen molar-refractivity contribution in [3.05, 3.63) is 35.9 Å². The minimum atomic E-state index is -1.17. The van der Waals surface area contributed by atoms with Gasteiger partial charge in [-0.2, -0.15) is 0 Å². The van der Waals surface area contributed by atoms with Crippen LogP contribution in [-0.4, -0.2) is 29.1 Å². The van der Waals surface area contributed by atoms with Gasteiger partial charge in [0.25, 0.3) is 0 Å². The number of carboxylic acids is 1. The van der Waals surface area contributed by atoms with Crippen molar-refractivity contribution in [3.63, 3.8) is 0 Å². The number of nitrogens with one attached hydrogen (secondary N) is 2. The Labute approximate surface area is 128 Å². The summed E-state index contributed by atoms with van der Waals surface area (Å²) in [5.74, 6) is -1.74. The van der Waals surface area contributed by atoms with Gasteiger partial charge in [-0.3, -0.25) is 4.79 Å². The third-order valence-corrected chi connectivity index (χ3v) is 3.15. The lowest BCUT2D eigenvalue weighted by Gasteiger charge is -2.20. The molecule has 1 rings (SSSR count). The second kappa shape index (κ2) is 8.66. The summed E-state index contributed by atoms with van der Waals surface area (Å²) in [6, 6.07) is 5.52. The van der Waals surface area contributed by atoms with Gasteiger partial charge < -0.3 is 21.5 Å². The average molecular weight is 307 g/mol. The Morgan fingerprint density at radius 3 is 2.32 bits per heavy atom. The van der Waals surface area contributed by atoms with E-state index in [0.717, 1.165) is 6.42 Å². The van der Waals surface area contributed by atoms with E-state index in [1.807, 2.05) is 6.92 Å². The number of amides is 3. The molecule has 0 bridgehead atoms. The van der Waals surface area contributed by atoms with Crippen molar-refractivity contribution in [1.82, 2.24) is 10.6 Å². The maximum Gasteiger partial charge on any atom is 0.330 e. The fourth-order valence-corrected chi connectivity index (χ4v) is 2.02. The number of rotatable bonds is 8. The molecule has 0 aliphatic carbocycles. The van der Waals surface area contributed by atoms with E-state index >= 15 is 0 Å². The number of carbonyl (C=O) groups is 3. The lowest BCUT2D eigenvalue weighted by molar-refractivity contribution is -0.142. The fraction of sp³-hybridized carbons (Fsp3) is 0.400. The monoisotopic (exact) mass is 307 g/mol. The van der Waals surface area contributed by atoms with Gasteiger partial charge in [0, 0.05) is 0 Å². The standard InChI is InChI=1S/C15H21N3O4/c1-2-3-9-11(17-15(16)22)13(19)18-12(14(20)21)10-7-5-4-6-8-10/h4-8,11-12H,2-3,9H2,1H3,(H,18,19)(H,20,21)(H3,16,17,22)/t11?,12-/m1/s1. The fourth-order valence-electron chi connectivity index (χ4n) is 2.02. The van der Waals surface area contributed by atoms with Crippen molar-refractivity contribution in [2.75, 3.05) is 0 Å². The zero-order chi connectivity index (χ0) is 16.5. The molecule has 2 atom stereocenters. The molecule has 0 radical (unpaired) electrons. The SMILES string of the molecule is CCCCC(NC(N)=O)C(=O)N[C@@H](C(=O)O)c1ccccc1. The summed E-state index contributed by atoms with van der Waals surface area (Å²) in [4.78, 5) is 34.6. The van der Waals surface area contributed by atoms with Crippen molar-refractivity contribution >= 4 is 17.9 Å². The molecule has 0 fully saturated rings. The van der Waals surface area contributed by atoms with Crippen LogP contribution in [0.1, 0.15) is 37.8 Å². The molecular weight excluding hydrogens is 286 g/mol. The highest BCUT2D eigenvalue weighted by Gasteiger charge is 2.26. The summed E-state index contributed by atoms with van der Waals surface area (Å²) in [6.07, 6.45) is 1.94. The van der Waals surface area contributed by atoms with E-state index in [4.69, 9.17) is 5.73 Å². The predicted octanol–water partition coefficient (Wildman–Crippen LogP) is 1.16. The molecule has 0 saturated carbocycles. The van der Waals surface area contributed by atoms with Crippen molar-refractivity contribution in [3.8, 4) is 0 Å². The van der Waals surface area contributed by atoms with Crippen LogP contribution in [0.25, 0.3) is 0 Å². The van der Waals surface area contributed by atoms with E-state index in [1.54, 1.807) is 30.3 Å². The van der Waals surface area contributed by atoms with Crippen LogP contribution in [-0.2, 0) is 9.59 Å². The highest BCUT2D eigenvalue weighted by molar-refractivity contribution is 5.90.